The van der Waals surface area contributed by atoms with Gasteiger partial charge in [0.2, 0.25) is 11.8 Å². The number of benzene rings is 2. The van der Waals surface area contributed by atoms with Crippen LogP contribution in [0.2, 0.25) is 6.32 Å². The minimum absolute atomic E-state index is 0.0301. The van der Waals surface area contributed by atoms with Gasteiger partial charge in [-0.1, -0.05) is 61.7 Å². The summed E-state index contributed by atoms with van der Waals surface area (Å²) in [6.07, 6.45) is 8.16. The summed E-state index contributed by atoms with van der Waals surface area (Å²) >= 11 is 0. The highest BCUT2D eigenvalue weighted by atomic mass is 19.1. The number of hydrogen-bond donors (Lipinski definition) is 2. The molecule has 3 fully saturated rings. The smallest absolute Gasteiger partial charge is 0.455 e. The number of amides is 2. The van der Waals surface area contributed by atoms with Gasteiger partial charge in [-0.2, -0.15) is 0 Å². The van der Waals surface area contributed by atoms with Gasteiger partial charge >= 0.3 is 7.12 Å². The van der Waals surface area contributed by atoms with Gasteiger partial charge in [-0.25, -0.2) is 4.39 Å². The van der Waals surface area contributed by atoms with Gasteiger partial charge in [0.15, 0.2) is 11.6 Å². The molecule has 2 aliphatic carbocycles. The van der Waals surface area contributed by atoms with Gasteiger partial charge in [0.25, 0.3) is 0 Å². The Bertz CT molecular complexity index is 1420. The fraction of sp³-hybridized carbons (Fsp3) is 0.471. The molecule has 6 rings (SSSR count). The van der Waals surface area contributed by atoms with E-state index in [9.17, 15) is 24.1 Å². The molecule has 0 bridgehead atoms. The minimum Gasteiger partial charge on any atom is -0.505 e. The van der Waals surface area contributed by atoms with Crippen molar-refractivity contribution in [2.75, 3.05) is 13.7 Å². The third kappa shape index (κ3) is 5.95. The predicted octanol–water partition coefficient (Wildman–Crippen LogP) is 5.63. The van der Waals surface area contributed by atoms with Gasteiger partial charge in [-0.3, -0.25) is 14.5 Å². The fourth-order valence-electron chi connectivity index (χ4n) is 7.85. The zero-order valence-corrected chi connectivity index (χ0v) is 24.6. The van der Waals surface area contributed by atoms with Crippen LogP contribution in [0.1, 0.15) is 62.5 Å². The number of phenols is 1. The molecule has 4 aliphatic rings. The first kappa shape index (κ1) is 29.8. The second-order valence-corrected chi connectivity index (χ2v) is 12.4. The van der Waals surface area contributed by atoms with E-state index in [1.54, 1.807) is 18.1 Å². The Labute approximate surface area is 252 Å². The molecule has 2 amide bonds. The molecule has 2 aromatic carbocycles. The number of methoxy groups -OCH3 is 1. The highest BCUT2D eigenvalue weighted by molar-refractivity contribution is 6.43. The zero-order valence-electron chi connectivity index (χ0n) is 24.6. The quantitative estimate of drug-likeness (QED) is 0.180. The minimum atomic E-state index is -1.05. The molecule has 1 saturated carbocycles. The van der Waals surface area contributed by atoms with Gasteiger partial charge in [0.05, 0.1) is 24.5 Å². The number of fused-ring (bicyclic) bond motifs is 3. The van der Waals surface area contributed by atoms with Crippen molar-refractivity contribution >= 4 is 30.6 Å². The van der Waals surface area contributed by atoms with Crippen LogP contribution >= 0.6 is 0 Å². The third-order valence-corrected chi connectivity index (χ3v) is 9.73. The molecule has 2 saturated heterocycles. The summed E-state index contributed by atoms with van der Waals surface area (Å²) in [5.74, 6) is -2.46. The molecular formula is C34H39BFNO6. The SMILES string of the molecule is COCC1=C2[C@@H](CC/C(=C/c3ccc(O)c(F)c3)c3ccccc3)OB(O)C[C@@H]2[C@@H]2C(=O)N(C3CCCCC3)C(=O)[C@@H]2C1. The lowest BCUT2D eigenvalue weighted by atomic mass is 9.58. The summed E-state index contributed by atoms with van der Waals surface area (Å²) in [4.78, 5) is 29.3. The zero-order chi connectivity index (χ0) is 30.1. The summed E-state index contributed by atoms with van der Waals surface area (Å²) in [5.41, 5.74) is 4.52. The number of carbonyl (C=O) groups is 2. The largest absolute Gasteiger partial charge is 0.505 e. The number of carbonyl (C=O) groups excluding carboxylic acids is 2. The van der Waals surface area contributed by atoms with Gasteiger partial charge in [-0.15, -0.1) is 0 Å². The number of rotatable bonds is 8. The second-order valence-electron chi connectivity index (χ2n) is 12.4. The van der Waals surface area contributed by atoms with E-state index < -0.39 is 36.6 Å². The number of aromatic hydroxyl groups is 1. The number of ether oxygens (including phenoxy) is 1. The number of allylic oxidation sites excluding steroid dienone is 1. The monoisotopic (exact) mass is 587 g/mol. The molecule has 0 aromatic heterocycles. The van der Waals surface area contributed by atoms with Gasteiger partial charge in [0, 0.05) is 13.2 Å². The molecular weight excluding hydrogens is 548 g/mol. The van der Waals surface area contributed by atoms with Crippen molar-refractivity contribution < 1.29 is 33.5 Å². The Morgan fingerprint density at radius 1 is 1.09 bits per heavy atom. The summed E-state index contributed by atoms with van der Waals surface area (Å²) in [7, 11) is 0.578. The maximum Gasteiger partial charge on any atom is 0.455 e. The highest BCUT2D eigenvalue weighted by Crippen LogP contribution is 2.51. The average molecular weight is 587 g/mol. The molecule has 4 atom stereocenters. The Morgan fingerprint density at radius 2 is 1.86 bits per heavy atom. The summed E-state index contributed by atoms with van der Waals surface area (Å²) in [5, 5.41) is 20.6. The van der Waals surface area contributed by atoms with Crippen molar-refractivity contribution in [3.8, 4) is 5.75 Å². The van der Waals surface area contributed by atoms with Crippen LogP contribution < -0.4 is 0 Å². The standard InChI is InChI=1S/C34H39BFNO6/c1-42-20-24-18-26-32(34(40)37(33(26)39)25-10-6-3-7-11-25)27-19-35(41)43-30(31(24)27)15-13-23(22-8-4-2-5-9-22)16-21-12-14-29(38)28(36)17-21/h2,4-5,8-9,12,14,16-17,25-27,30,32,38,41H,3,6-7,10-11,13,15,18-20H2,1H3/b23-16-/t26-,27+,30-,32-/m1/s1. The van der Waals surface area contributed by atoms with Crippen LogP contribution in [0.25, 0.3) is 11.6 Å². The Hall–Kier alpha value is -3.27. The number of nitrogens with zero attached hydrogens (tertiary/aromatic N) is 1. The summed E-state index contributed by atoms with van der Waals surface area (Å²) in [6.45, 7) is 0.337. The molecule has 2 heterocycles. The van der Waals surface area contributed by atoms with Crippen molar-refractivity contribution in [1.82, 2.24) is 4.90 Å². The van der Waals surface area contributed by atoms with E-state index in [4.69, 9.17) is 9.39 Å². The molecule has 2 aliphatic heterocycles. The van der Waals surface area contributed by atoms with E-state index in [0.717, 1.165) is 54.4 Å². The molecule has 7 nitrogen and oxygen atoms in total. The first-order valence-electron chi connectivity index (χ1n) is 15.5. The molecule has 2 aromatic rings. The molecule has 2 N–H and O–H groups in total. The van der Waals surface area contributed by atoms with Crippen LogP contribution in [0, 0.1) is 23.6 Å². The highest BCUT2D eigenvalue weighted by Gasteiger charge is 2.58. The van der Waals surface area contributed by atoms with Gasteiger partial charge in [-0.05, 0) is 84.3 Å². The van der Waals surface area contributed by atoms with Gasteiger partial charge in [0.1, 0.15) is 0 Å². The number of imide groups is 1. The summed E-state index contributed by atoms with van der Waals surface area (Å²) < 4.78 is 25.9. The lowest BCUT2D eigenvalue weighted by Gasteiger charge is -2.43. The Morgan fingerprint density at radius 3 is 2.58 bits per heavy atom. The normalized spacial score (nSPS) is 26.6. The molecule has 0 radical (unpaired) electrons. The van der Waals surface area contributed by atoms with E-state index in [0.29, 0.717) is 31.4 Å². The Balaban J connectivity index is 1.31. The number of phenolic OH excluding ortho intramolecular Hbond substituents is 1. The second kappa shape index (κ2) is 12.8. The van der Waals surface area contributed by atoms with E-state index >= 15 is 0 Å². The summed E-state index contributed by atoms with van der Waals surface area (Å²) in [6, 6.07) is 14.1. The lowest BCUT2D eigenvalue weighted by molar-refractivity contribution is -0.143. The third-order valence-electron chi connectivity index (χ3n) is 9.73. The fourth-order valence-corrected chi connectivity index (χ4v) is 7.85. The molecule has 9 heteroatoms. The maximum atomic E-state index is 14.2. The van der Waals surface area contributed by atoms with Crippen LogP contribution in [0.3, 0.4) is 0 Å². The van der Waals surface area contributed by atoms with Crippen molar-refractivity contribution in [2.24, 2.45) is 17.8 Å². The molecule has 43 heavy (non-hydrogen) atoms. The number of hydrogen-bond acceptors (Lipinski definition) is 6. The average Bonchev–Trinajstić information content (AvgIpc) is 3.26. The van der Waals surface area contributed by atoms with Crippen LogP contribution in [-0.4, -0.2) is 59.8 Å². The van der Waals surface area contributed by atoms with Crippen LogP contribution in [0.15, 0.2) is 59.7 Å². The maximum absolute atomic E-state index is 14.2. The molecule has 0 unspecified atom stereocenters. The van der Waals surface area contributed by atoms with Crippen LogP contribution in [0.5, 0.6) is 5.75 Å². The Kier molecular flexibility index (Phi) is 8.84. The lowest BCUT2D eigenvalue weighted by Crippen LogP contribution is -2.47. The van der Waals surface area contributed by atoms with E-state index in [-0.39, 0.29) is 30.1 Å². The molecule has 0 spiro atoms. The van der Waals surface area contributed by atoms with Crippen molar-refractivity contribution in [2.45, 2.75) is 69.8 Å². The van der Waals surface area contributed by atoms with E-state index in [2.05, 4.69) is 0 Å². The number of halogens is 1. The van der Waals surface area contributed by atoms with Crippen molar-refractivity contribution in [3.63, 3.8) is 0 Å². The van der Waals surface area contributed by atoms with Gasteiger partial charge < -0.3 is 19.5 Å². The topological polar surface area (TPSA) is 96.3 Å². The van der Waals surface area contributed by atoms with E-state index in [1.165, 1.54) is 12.1 Å². The first-order valence-corrected chi connectivity index (χ1v) is 15.5. The van der Waals surface area contributed by atoms with E-state index in [1.807, 2.05) is 36.4 Å². The van der Waals surface area contributed by atoms with Crippen molar-refractivity contribution in [1.29, 1.82) is 0 Å². The van der Waals surface area contributed by atoms with Crippen LogP contribution in [-0.2, 0) is 19.0 Å². The number of likely N-dealkylation sites (tertiary alicyclic amines) is 1. The van der Waals surface area contributed by atoms with Crippen LogP contribution in [0.4, 0.5) is 4.39 Å². The van der Waals surface area contributed by atoms with Crippen molar-refractivity contribution in [3.05, 3.63) is 76.6 Å². The first-order chi connectivity index (χ1) is 20.9. The molecule has 226 valence electrons. The predicted molar refractivity (Wildman–Crippen MR) is 162 cm³/mol.